The quantitative estimate of drug-likeness (QED) is 0.508. The van der Waals surface area contributed by atoms with Gasteiger partial charge in [0.15, 0.2) is 5.78 Å². The van der Waals surface area contributed by atoms with Gasteiger partial charge in [-0.05, 0) is 73.6 Å². The molecule has 1 aliphatic carbocycles. The molecule has 1 saturated heterocycles. The lowest BCUT2D eigenvalue weighted by Crippen LogP contribution is -2.43. The molecule has 1 aliphatic heterocycles. The molecular formula is C28H32N4O2. The Morgan fingerprint density at radius 3 is 2.74 bits per heavy atom. The zero-order chi connectivity index (χ0) is 23.5. The lowest BCUT2D eigenvalue weighted by Gasteiger charge is -2.36. The van der Waals surface area contributed by atoms with Gasteiger partial charge in [-0.1, -0.05) is 12.1 Å². The zero-order valence-corrected chi connectivity index (χ0v) is 20.0. The second kappa shape index (κ2) is 10.0. The number of carbonyl (C=O) groups excluding carboxylic acids is 1. The van der Waals surface area contributed by atoms with Crippen LogP contribution < -0.4 is 0 Å². The van der Waals surface area contributed by atoms with E-state index in [1.165, 1.54) is 12.0 Å². The number of carbonyl (C=O) groups is 1. The Labute approximate surface area is 201 Å². The fourth-order valence-corrected chi connectivity index (χ4v) is 5.03. The molecule has 6 heteroatoms. The highest BCUT2D eigenvalue weighted by molar-refractivity contribution is 5.97. The highest BCUT2D eigenvalue weighted by Gasteiger charge is 2.24. The number of allylic oxidation sites excluding steroid dienone is 1. The molecule has 0 saturated carbocycles. The molecule has 6 nitrogen and oxygen atoms in total. The van der Waals surface area contributed by atoms with Gasteiger partial charge in [0.05, 0.1) is 18.9 Å². The van der Waals surface area contributed by atoms with Gasteiger partial charge in [0.2, 0.25) is 0 Å². The van der Waals surface area contributed by atoms with Crippen LogP contribution in [0.4, 0.5) is 0 Å². The number of aromatic nitrogens is 3. The van der Waals surface area contributed by atoms with Crippen molar-refractivity contribution in [2.45, 2.75) is 45.6 Å². The largest absolute Gasteiger partial charge is 0.379 e. The summed E-state index contributed by atoms with van der Waals surface area (Å²) in [6, 6.07) is 8.56. The van der Waals surface area contributed by atoms with Crippen molar-refractivity contribution in [3.63, 3.8) is 0 Å². The van der Waals surface area contributed by atoms with Crippen LogP contribution in [0, 0.1) is 13.8 Å². The first-order valence-corrected chi connectivity index (χ1v) is 12.2. The second-order valence-corrected chi connectivity index (χ2v) is 9.41. The Kier molecular flexibility index (Phi) is 6.70. The van der Waals surface area contributed by atoms with Crippen molar-refractivity contribution < 1.29 is 9.53 Å². The molecule has 0 aromatic carbocycles. The van der Waals surface area contributed by atoms with Crippen LogP contribution in [0.1, 0.15) is 52.0 Å². The smallest absolute Gasteiger partial charge is 0.168 e. The van der Waals surface area contributed by atoms with Crippen LogP contribution in [0.25, 0.3) is 11.4 Å². The van der Waals surface area contributed by atoms with E-state index in [2.05, 4.69) is 29.0 Å². The van der Waals surface area contributed by atoms with Crippen molar-refractivity contribution in [2.24, 2.45) is 0 Å². The first kappa shape index (κ1) is 22.7. The molecule has 4 heterocycles. The summed E-state index contributed by atoms with van der Waals surface area (Å²) in [6.07, 6.45) is 13.4. The number of morpholine rings is 1. The maximum absolute atomic E-state index is 12.9. The topological polar surface area (TPSA) is 60.2 Å². The van der Waals surface area contributed by atoms with Crippen molar-refractivity contribution in [1.82, 2.24) is 19.4 Å². The van der Waals surface area contributed by atoms with Gasteiger partial charge >= 0.3 is 0 Å². The van der Waals surface area contributed by atoms with Crippen molar-refractivity contribution in [3.8, 4) is 5.82 Å². The van der Waals surface area contributed by atoms with Gasteiger partial charge in [-0.25, -0.2) is 4.98 Å². The lowest BCUT2D eigenvalue weighted by atomic mass is 9.90. The highest BCUT2D eigenvalue weighted by atomic mass is 16.5. The summed E-state index contributed by atoms with van der Waals surface area (Å²) >= 11 is 0. The normalized spacial score (nSPS) is 19.1. The number of ketones is 1. The summed E-state index contributed by atoms with van der Waals surface area (Å²) in [5, 5.41) is 0. The van der Waals surface area contributed by atoms with E-state index in [1.54, 1.807) is 6.20 Å². The number of Topliss-reactive ketones (excluding diaryl/α,β-unsaturated/α-hetero) is 1. The van der Waals surface area contributed by atoms with E-state index in [9.17, 15) is 4.79 Å². The molecule has 3 aromatic rings. The number of aryl methyl sites for hydroxylation is 2. The summed E-state index contributed by atoms with van der Waals surface area (Å²) in [5.74, 6) is 0.906. The molecule has 3 aromatic heterocycles. The molecule has 34 heavy (non-hydrogen) atoms. The monoisotopic (exact) mass is 456 g/mol. The van der Waals surface area contributed by atoms with E-state index >= 15 is 0 Å². The average Bonchev–Trinajstić information content (AvgIpc) is 3.36. The van der Waals surface area contributed by atoms with Gasteiger partial charge in [-0.15, -0.1) is 0 Å². The molecule has 1 fully saturated rings. The minimum atomic E-state index is 0.0885. The minimum absolute atomic E-state index is 0.0885. The molecule has 0 N–H and O–H groups in total. The van der Waals surface area contributed by atoms with Crippen LogP contribution in [0.5, 0.6) is 0 Å². The minimum Gasteiger partial charge on any atom is -0.379 e. The maximum atomic E-state index is 12.9. The number of pyridine rings is 2. The molecule has 0 radical (unpaired) electrons. The Balaban J connectivity index is 1.24. The van der Waals surface area contributed by atoms with Gasteiger partial charge in [-0.3, -0.25) is 14.7 Å². The van der Waals surface area contributed by atoms with Crippen LogP contribution in [0.15, 0.2) is 55.1 Å². The van der Waals surface area contributed by atoms with Gasteiger partial charge in [0.1, 0.15) is 5.82 Å². The highest BCUT2D eigenvalue weighted by Crippen LogP contribution is 2.30. The fraction of sp³-hybridized carbons (Fsp3) is 0.393. The summed E-state index contributed by atoms with van der Waals surface area (Å²) in [5.41, 5.74) is 6.33. The van der Waals surface area contributed by atoms with Crippen molar-refractivity contribution in [3.05, 3.63) is 83.1 Å². The Morgan fingerprint density at radius 1 is 1.15 bits per heavy atom. The number of nitrogens with zero attached hydrogens (tertiary/aromatic N) is 4. The molecule has 0 spiro atoms. The fourth-order valence-electron chi connectivity index (χ4n) is 5.03. The summed E-state index contributed by atoms with van der Waals surface area (Å²) in [6.45, 7) is 7.91. The van der Waals surface area contributed by atoms with E-state index in [0.717, 1.165) is 67.3 Å². The van der Waals surface area contributed by atoms with E-state index in [0.29, 0.717) is 18.0 Å². The summed E-state index contributed by atoms with van der Waals surface area (Å²) < 4.78 is 7.39. The predicted molar refractivity (Wildman–Crippen MR) is 133 cm³/mol. The van der Waals surface area contributed by atoms with Crippen LogP contribution in [0.3, 0.4) is 0 Å². The van der Waals surface area contributed by atoms with E-state index < -0.39 is 0 Å². The third kappa shape index (κ3) is 5.03. The maximum Gasteiger partial charge on any atom is 0.168 e. The SMILES string of the molecule is Cc1ccnc(-n2ccc(C(=O)Cc3cnc(C4=CCC(N5CCOCC5)CC4)c(C)c3)c2)c1. The van der Waals surface area contributed by atoms with Gasteiger partial charge < -0.3 is 9.30 Å². The molecule has 0 amide bonds. The Morgan fingerprint density at radius 2 is 2.00 bits per heavy atom. The Hall–Kier alpha value is -3.09. The van der Waals surface area contributed by atoms with Crippen LogP contribution in [-0.2, 0) is 11.2 Å². The number of hydrogen-bond acceptors (Lipinski definition) is 5. The van der Waals surface area contributed by atoms with Crippen molar-refractivity contribution >= 4 is 11.4 Å². The number of ether oxygens (including phenoxy) is 1. The van der Waals surface area contributed by atoms with Crippen LogP contribution >= 0.6 is 0 Å². The van der Waals surface area contributed by atoms with E-state index in [1.807, 2.05) is 48.3 Å². The molecular weight excluding hydrogens is 424 g/mol. The van der Waals surface area contributed by atoms with Gasteiger partial charge in [-0.2, -0.15) is 0 Å². The molecule has 5 rings (SSSR count). The Bertz CT molecular complexity index is 1210. The third-order valence-electron chi connectivity index (χ3n) is 6.93. The first-order valence-electron chi connectivity index (χ1n) is 12.2. The molecule has 1 unspecified atom stereocenters. The average molecular weight is 457 g/mol. The molecule has 2 aliphatic rings. The van der Waals surface area contributed by atoms with Crippen molar-refractivity contribution in [1.29, 1.82) is 0 Å². The summed E-state index contributed by atoms with van der Waals surface area (Å²) in [7, 11) is 0. The van der Waals surface area contributed by atoms with Crippen LogP contribution in [-0.4, -0.2) is 57.6 Å². The predicted octanol–water partition coefficient (Wildman–Crippen LogP) is 4.58. The van der Waals surface area contributed by atoms with Gasteiger partial charge in [0.25, 0.3) is 0 Å². The lowest BCUT2D eigenvalue weighted by molar-refractivity contribution is 0.0150. The second-order valence-electron chi connectivity index (χ2n) is 9.41. The molecule has 176 valence electrons. The molecule has 1 atom stereocenters. The van der Waals surface area contributed by atoms with Gasteiger partial charge in [0, 0.05) is 55.9 Å². The van der Waals surface area contributed by atoms with E-state index in [-0.39, 0.29) is 5.78 Å². The third-order valence-corrected chi connectivity index (χ3v) is 6.93. The summed E-state index contributed by atoms with van der Waals surface area (Å²) in [4.78, 5) is 24.7. The molecule has 0 bridgehead atoms. The number of hydrogen-bond donors (Lipinski definition) is 0. The van der Waals surface area contributed by atoms with E-state index in [4.69, 9.17) is 9.72 Å². The van der Waals surface area contributed by atoms with Crippen molar-refractivity contribution in [2.75, 3.05) is 26.3 Å². The zero-order valence-electron chi connectivity index (χ0n) is 20.0. The van der Waals surface area contributed by atoms with Crippen LogP contribution in [0.2, 0.25) is 0 Å². The standard InChI is InChI=1S/C28H32N4O2/c1-20-7-9-29-27(15-20)32-10-8-24(19-32)26(33)17-22-16-21(2)28(30-18-22)23-3-5-25(6-4-23)31-11-13-34-14-12-31/h3,7-10,15-16,18-19,25H,4-6,11-14,17H2,1-2H3. The number of rotatable bonds is 6. The first-order chi connectivity index (χ1) is 16.6.